The van der Waals surface area contributed by atoms with Crippen LogP contribution in [-0.4, -0.2) is 26.7 Å². The van der Waals surface area contributed by atoms with Gasteiger partial charge in [-0.25, -0.2) is 14.2 Å². The van der Waals surface area contributed by atoms with Crippen LogP contribution in [0.1, 0.15) is 20.8 Å². The number of carbonyl (C=O) groups is 1. The van der Waals surface area contributed by atoms with Crippen molar-refractivity contribution in [3.05, 3.63) is 63.6 Å². The summed E-state index contributed by atoms with van der Waals surface area (Å²) < 4.78 is 7.77. The summed E-state index contributed by atoms with van der Waals surface area (Å²) in [6.45, 7) is 4.82. The van der Waals surface area contributed by atoms with E-state index in [0.717, 1.165) is 10.3 Å². The minimum atomic E-state index is -1.42. The van der Waals surface area contributed by atoms with Crippen LogP contribution >= 0.6 is 0 Å². The number of ether oxygens (including phenoxy) is 1. The van der Waals surface area contributed by atoms with E-state index in [0.29, 0.717) is 10.9 Å². The fourth-order valence-corrected chi connectivity index (χ4v) is 2.78. The molecule has 1 N–H and O–H groups in total. The van der Waals surface area contributed by atoms with Gasteiger partial charge in [0.25, 0.3) is 5.56 Å². The third-order valence-corrected chi connectivity index (χ3v) is 4.12. The first-order chi connectivity index (χ1) is 11.9. The zero-order valence-corrected chi connectivity index (χ0v) is 14.3. The maximum absolute atomic E-state index is 13.0. The Morgan fingerprint density at radius 3 is 2.52 bits per heavy atom. The molecule has 7 nitrogen and oxygen atoms in total. The van der Waals surface area contributed by atoms with E-state index >= 15 is 0 Å². The first-order valence-corrected chi connectivity index (χ1v) is 7.96. The van der Waals surface area contributed by atoms with Gasteiger partial charge in [0.1, 0.15) is 5.54 Å². The summed E-state index contributed by atoms with van der Waals surface area (Å²) in [5, 5.41) is 0.322. The summed E-state index contributed by atoms with van der Waals surface area (Å²) in [6, 6.07) is 8.91. The van der Waals surface area contributed by atoms with Crippen molar-refractivity contribution in [1.82, 2.24) is 14.1 Å². The number of H-pyrrole nitrogens is 1. The molecule has 0 radical (unpaired) electrons. The molecule has 0 fully saturated rings. The van der Waals surface area contributed by atoms with Crippen LogP contribution in [-0.2, 0) is 15.1 Å². The number of hydrogen-bond acceptors (Lipinski definition) is 4. The van der Waals surface area contributed by atoms with Gasteiger partial charge in [-0.2, -0.15) is 0 Å². The zero-order chi connectivity index (χ0) is 18.2. The van der Waals surface area contributed by atoms with E-state index in [1.807, 2.05) is 29.1 Å². The van der Waals surface area contributed by atoms with Gasteiger partial charge in [-0.05, 0) is 51.1 Å². The van der Waals surface area contributed by atoms with Gasteiger partial charge in [0, 0.05) is 18.1 Å². The summed E-state index contributed by atoms with van der Waals surface area (Å²) in [7, 11) is 0. The molecule has 0 amide bonds. The van der Waals surface area contributed by atoms with Gasteiger partial charge in [-0.15, -0.1) is 0 Å². The van der Waals surface area contributed by atoms with E-state index in [1.54, 1.807) is 25.1 Å². The maximum Gasteiger partial charge on any atom is 0.332 e. The molecule has 0 atom stereocenters. The van der Waals surface area contributed by atoms with Crippen LogP contribution in [0.2, 0.25) is 0 Å². The molecule has 0 aliphatic heterocycles. The first-order valence-electron chi connectivity index (χ1n) is 7.96. The van der Waals surface area contributed by atoms with E-state index in [-0.39, 0.29) is 6.61 Å². The normalized spacial score (nSPS) is 11.6. The van der Waals surface area contributed by atoms with Gasteiger partial charge in [-0.1, -0.05) is 0 Å². The summed E-state index contributed by atoms with van der Waals surface area (Å²) in [5.74, 6) is -0.636. The molecule has 0 saturated heterocycles. The van der Waals surface area contributed by atoms with Gasteiger partial charge in [-0.3, -0.25) is 4.79 Å². The average molecular weight is 341 g/mol. The first kappa shape index (κ1) is 16.8. The molecule has 0 aliphatic rings. The summed E-state index contributed by atoms with van der Waals surface area (Å²) in [4.78, 5) is 40.3. The van der Waals surface area contributed by atoms with E-state index in [4.69, 9.17) is 4.74 Å². The molecular weight excluding hydrogens is 322 g/mol. The molecular formula is C18H19N3O4. The second-order valence-corrected chi connectivity index (χ2v) is 6.17. The zero-order valence-electron chi connectivity index (χ0n) is 14.3. The molecule has 7 heteroatoms. The van der Waals surface area contributed by atoms with Crippen molar-refractivity contribution >= 4 is 16.9 Å². The Morgan fingerprint density at radius 1 is 1.20 bits per heavy atom. The second-order valence-electron chi connectivity index (χ2n) is 6.17. The molecule has 2 heterocycles. The van der Waals surface area contributed by atoms with E-state index < -0.39 is 22.8 Å². The van der Waals surface area contributed by atoms with Crippen LogP contribution in [0, 0.1) is 0 Å². The third-order valence-electron chi connectivity index (χ3n) is 4.12. The van der Waals surface area contributed by atoms with Crippen LogP contribution in [0.5, 0.6) is 0 Å². The highest BCUT2D eigenvalue weighted by molar-refractivity contribution is 5.81. The Labute approximate surface area is 143 Å². The Morgan fingerprint density at radius 2 is 1.88 bits per heavy atom. The number of esters is 1. The quantitative estimate of drug-likeness (QED) is 0.733. The number of fused-ring (bicyclic) bond motifs is 1. The highest BCUT2D eigenvalue weighted by Crippen LogP contribution is 2.17. The molecule has 3 rings (SSSR count). The smallest absolute Gasteiger partial charge is 0.332 e. The number of benzene rings is 1. The number of aromatic amines is 1. The van der Waals surface area contributed by atoms with Crippen LogP contribution in [0.4, 0.5) is 0 Å². The Balaban J connectivity index is 2.25. The molecule has 1 aromatic carbocycles. The average Bonchev–Trinajstić information content (AvgIpc) is 3.09. The van der Waals surface area contributed by atoms with Gasteiger partial charge in [0.2, 0.25) is 0 Å². The predicted octanol–water partition coefficient (Wildman–Crippen LogP) is 1.78. The minimum Gasteiger partial charge on any atom is -0.464 e. The lowest BCUT2D eigenvalue weighted by Crippen LogP contribution is -2.51. The Bertz CT molecular complexity index is 1040. The lowest BCUT2D eigenvalue weighted by molar-refractivity contribution is -0.152. The van der Waals surface area contributed by atoms with E-state index in [1.165, 1.54) is 13.8 Å². The molecule has 3 aromatic rings. The SMILES string of the molecule is CCOC(=O)C(C)(C)n1c(=O)[nH]c2ccc(-n3cccc3)cc2c1=O. The standard InChI is InChI=1S/C18H19N3O4/c1-4-25-16(23)18(2,3)21-15(22)13-11-12(20-9-5-6-10-20)7-8-14(13)19-17(21)24/h5-11H,4H2,1-3H3,(H,19,24). The van der Waals surface area contributed by atoms with Crippen molar-refractivity contribution in [3.8, 4) is 5.69 Å². The lowest BCUT2D eigenvalue weighted by Gasteiger charge is -2.24. The molecule has 0 bridgehead atoms. The molecule has 0 spiro atoms. The molecule has 0 unspecified atom stereocenters. The maximum atomic E-state index is 13.0. The van der Waals surface area contributed by atoms with Gasteiger partial charge >= 0.3 is 11.7 Å². The van der Waals surface area contributed by atoms with Gasteiger partial charge < -0.3 is 14.3 Å². The monoisotopic (exact) mass is 341 g/mol. The van der Waals surface area contributed by atoms with Gasteiger partial charge in [0.15, 0.2) is 0 Å². The fraction of sp³-hybridized carbons (Fsp3) is 0.278. The van der Waals surface area contributed by atoms with E-state index in [2.05, 4.69) is 4.98 Å². The molecule has 25 heavy (non-hydrogen) atoms. The largest absolute Gasteiger partial charge is 0.464 e. The molecule has 2 aromatic heterocycles. The van der Waals surface area contributed by atoms with Crippen molar-refractivity contribution in [2.75, 3.05) is 6.61 Å². The van der Waals surface area contributed by atoms with Crippen LogP contribution < -0.4 is 11.2 Å². The number of carbonyl (C=O) groups excluding carboxylic acids is 1. The van der Waals surface area contributed by atoms with Crippen molar-refractivity contribution in [2.24, 2.45) is 0 Å². The molecule has 130 valence electrons. The minimum absolute atomic E-state index is 0.167. The molecule has 0 saturated carbocycles. The molecule has 0 aliphatic carbocycles. The summed E-state index contributed by atoms with van der Waals surface area (Å²) in [5.41, 5.74) is -1.41. The van der Waals surface area contributed by atoms with Crippen molar-refractivity contribution in [2.45, 2.75) is 26.3 Å². The highest BCUT2D eigenvalue weighted by Gasteiger charge is 2.34. The van der Waals surface area contributed by atoms with Crippen molar-refractivity contribution in [3.63, 3.8) is 0 Å². The fourth-order valence-electron chi connectivity index (χ4n) is 2.78. The summed E-state index contributed by atoms with van der Waals surface area (Å²) in [6.07, 6.45) is 3.71. The Hall–Kier alpha value is -3.09. The van der Waals surface area contributed by atoms with Gasteiger partial charge in [0.05, 0.1) is 17.5 Å². The number of nitrogens with zero attached hydrogens (tertiary/aromatic N) is 2. The van der Waals surface area contributed by atoms with Crippen molar-refractivity contribution < 1.29 is 9.53 Å². The topological polar surface area (TPSA) is 86.1 Å². The number of nitrogens with one attached hydrogen (secondary N) is 1. The van der Waals surface area contributed by atoms with Crippen LogP contribution in [0.25, 0.3) is 16.6 Å². The third kappa shape index (κ3) is 2.77. The second kappa shape index (κ2) is 6.08. The lowest BCUT2D eigenvalue weighted by atomic mass is 10.1. The summed E-state index contributed by atoms with van der Waals surface area (Å²) >= 11 is 0. The number of rotatable bonds is 4. The number of aromatic nitrogens is 3. The van der Waals surface area contributed by atoms with Crippen LogP contribution in [0.3, 0.4) is 0 Å². The highest BCUT2D eigenvalue weighted by atomic mass is 16.5. The van der Waals surface area contributed by atoms with Crippen molar-refractivity contribution in [1.29, 1.82) is 0 Å². The number of hydrogen-bond donors (Lipinski definition) is 1. The van der Waals surface area contributed by atoms with Crippen LogP contribution in [0.15, 0.2) is 52.3 Å². The Kier molecular flexibility index (Phi) is 4.08. The van der Waals surface area contributed by atoms with E-state index in [9.17, 15) is 14.4 Å². The predicted molar refractivity (Wildman–Crippen MR) is 94.1 cm³/mol.